The van der Waals surface area contributed by atoms with Crippen LogP contribution in [-0.2, 0) is 0 Å². The van der Waals surface area contributed by atoms with Gasteiger partial charge in [-0.3, -0.25) is 10.1 Å². The van der Waals surface area contributed by atoms with Crippen LogP contribution in [0.25, 0.3) is 0 Å². The third kappa shape index (κ3) is 3.52. The summed E-state index contributed by atoms with van der Waals surface area (Å²) in [5.74, 6) is 0. The Hall–Kier alpha value is -1.03. The maximum atomic E-state index is 10.5. The minimum Gasteiger partial charge on any atom is -0.258 e. The Labute approximate surface area is 100 Å². The molecule has 0 saturated carbocycles. The van der Waals surface area contributed by atoms with Gasteiger partial charge in [0.25, 0.3) is 5.69 Å². The number of nitro groups is 1. The van der Waals surface area contributed by atoms with E-state index in [2.05, 4.69) is 20.8 Å². The van der Waals surface area contributed by atoms with Gasteiger partial charge in [0, 0.05) is 12.1 Å². The van der Waals surface area contributed by atoms with Crippen LogP contribution in [0.5, 0.6) is 0 Å². The molecule has 16 heavy (non-hydrogen) atoms. The maximum absolute atomic E-state index is 10.5. The van der Waals surface area contributed by atoms with Crippen LogP contribution in [0.2, 0.25) is 0 Å². The fraction of sp³-hybridized carbons (Fsp3) is 0.417. The minimum absolute atomic E-state index is 0.147. The second-order valence-corrected chi connectivity index (χ2v) is 5.42. The molecule has 4 heteroatoms. The molecule has 0 aromatic heterocycles. The molecule has 0 spiro atoms. The van der Waals surface area contributed by atoms with E-state index in [-0.39, 0.29) is 10.6 Å². The van der Waals surface area contributed by atoms with Crippen LogP contribution in [0.1, 0.15) is 32.8 Å². The predicted molar refractivity (Wildman–Crippen MR) is 68.5 cm³/mol. The summed E-state index contributed by atoms with van der Waals surface area (Å²) in [5.41, 5.74) is 1.24. The molecule has 87 valence electrons. The molecule has 3 nitrogen and oxygen atoms in total. The number of rotatable bonds is 5. The average molecular weight is 238 g/mol. The van der Waals surface area contributed by atoms with Gasteiger partial charge in [-0.05, 0) is 17.2 Å². The van der Waals surface area contributed by atoms with Gasteiger partial charge in [0.15, 0.2) is 0 Å². The van der Waals surface area contributed by atoms with Crippen LogP contribution < -0.4 is 0 Å². The van der Waals surface area contributed by atoms with Crippen molar-refractivity contribution in [3.8, 4) is 0 Å². The Morgan fingerprint density at radius 1 is 1.38 bits per heavy atom. The van der Waals surface area contributed by atoms with E-state index in [0.717, 1.165) is 12.0 Å². The number of hydrogen-bond donors (Lipinski definition) is 0. The number of non-ortho nitro benzene ring substituents is 1. The highest BCUT2D eigenvalue weighted by atomic mass is 32.2. The smallest absolute Gasteiger partial charge is 0.258 e. The highest BCUT2D eigenvalue weighted by molar-refractivity contribution is 8.02. The third-order valence-corrected chi connectivity index (χ3v) is 3.38. The van der Waals surface area contributed by atoms with Crippen LogP contribution in [-0.4, -0.2) is 10.2 Å². The molecular formula is C12H16NO2S. The van der Waals surface area contributed by atoms with E-state index < -0.39 is 0 Å². The van der Waals surface area contributed by atoms with Crippen molar-refractivity contribution in [3.63, 3.8) is 0 Å². The molecular weight excluding hydrogens is 222 g/mol. The van der Waals surface area contributed by atoms with Gasteiger partial charge in [-0.1, -0.05) is 32.9 Å². The minimum atomic E-state index is -0.370. The molecule has 0 atom stereocenters. The topological polar surface area (TPSA) is 43.1 Å². The Balaban J connectivity index is 2.82. The van der Waals surface area contributed by atoms with Gasteiger partial charge in [0.05, 0.1) is 10.2 Å². The van der Waals surface area contributed by atoms with Gasteiger partial charge < -0.3 is 0 Å². The number of hydrogen-bond acceptors (Lipinski definition) is 3. The zero-order valence-corrected chi connectivity index (χ0v) is 10.6. The maximum Gasteiger partial charge on any atom is 0.269 e. The van der Waals surface area contributed by atoms with Crippen molar-refractivity contribution >= 4 is 17.4 Å². The molecule has 1 aromatic rings. The van der Waals surface area contributed by atoms with Crippen LogP contribution >= 0.6 is 11.8 Å². The van der Waals surface area contributed by atoms with E-state index in [4.69, 9.17) is 0 Å². The van der Waals surface area contributed by atoms with E-state index in [0.29, 0.717) is 5.25 Å². The van der Waals surface area contributed by atoms with Gasteiger partial charge in [0.1, 0.15) is 0 Å². The van der Waals surface area contributed by atoms with Crippen LogP contribution in [0.4, 0.5) is 5.69 Å². The van der Waals surface area contributed by atoms with Crippen LogP contribution in [0.15, 0.2) is 24.3 Å². The van der Waals surface area contributed by atoms with Crippen LogP contribution in [0.3, 0.4) is 0 Å². The fourth-order valence-electron chi connectivity index (χ4n) is 1.41. The number of thioether (sulfide) groups is 1. The molecule has 0 fully saturated rings. The summed E-state index contributed by atoms with van der Waals surface area (Å²) in [7, 11) is 0. The van der Waals surface area contributed by atoms with Gasteiger partial charge in [0.2, 0.25) is 0 Å². The first-order valence-electron chi connectivity index (χ1n) is 5.32. The van der Waals surface area contributed by atoms with E-state index in [1.165, 1.54) is 5.25 Å². The first-order chi connectivity index (χ1) is 7.54. The quantitative estimate of drug-likeness (QED) is 0.574. The monoisotopic (exact) mass is 238 g/mol. The number of nitro benzene ring substituents is 1. The second-order valence-electron chi connectivity index (χ2n) is 3.75. The Bertz CT molecular complexity index is 349. The van der Waals surface area contributed by atoms with Crippen molar-refractivity contribution in [2.45, 2.75) is 32.4 Å². The lowest BCUT2D eigenvalue weighted by atomic mass is 10.1. The zero-order chi connectivity index (χ0) is 12.1. The Kier molecular flexibility index (Phi) is 4.80. The first kappa shape index (κ1) is 13.0. The summed E-state index contributed by atoms with van der Waals surface area (Å²) in [4.78, 5) is 10.2. The van der Waals surface area contributed by atoms with Gasteiger partial charge >= 0.3 is 0 Å². The SMILES string of the molecule is CC[C](SC(C)C)c1ccc([N+](=O)[O-])cc1. The fourth-order valence-corrected chi connectivity index (χ4v) is 2.42. The molecule has 0 aliphatic heterocycles. The molecule has 0 aliphatic carbocycles. The van der Waals surface area contributed by atoms with E-state index in [1.807, 2.05) is 23.9 Å². The zero-order valence-electron chi connectivity index (χ0n) is 9.77. The summed E-state index contributed by atoms with van der Waals surface area (Å²) >= 11 is 1.81. The highest BCUT2D eigenvalue weighted by Gasteiger charge is 2.14. The number of benzene rings is 1. The standard InChI is InChI=1S/C12H16NO2S/c1-4-12(16-9(2)3)10-5-7-11(8-6-10)13(14)15/h5-9H,4H2,1-3H3. The van der Waals surface area contributed by atoms with Gasteiger partial charge in [-0.2, -0.15) is 0 Å². The van der Waals surface area contributed by atoms with Gasteiger partial charge in [-0.25, -0.2) is 0 Å². The molecule has 0 saturated heterocycles. The lowest BCUT2D eigenvalue weighted by Gasteiger charge is -2.16. The van der Waals surface area contributed by atoms with Crippen LogP contribution in [0, 0.1) is 15.4 Å². The second kappa shape index (κ2) is 5.89. The Morgan fingerprint density at radius 2 is 1.94 bits per heavy atom. The van der Waals surface area contributed by atoms with Crippen molar-refractivity contribution < 1.29 is 4.92 Å². The molecule has 0 N–H and O–H groups in total. The summed E-state index contributed by atoms with van der Waals surface area (Å²) in [6, 6.07) is 6.77. The largest absolute Gasteiger partial charge is 0.269 e. The van der Waals surface area contributed by atoms with Crippen molar-refractivity contribution in [2.24, 2.45) is 0 Å². The normalized spacial score (nSPS) is 11.1. The van der Waals surface area contributed by atoms with Crippen molar-refractivity contribution in [1.82, 2.24) is 0 Å². The van der Waals surface area contributed by atoms with Crippen molar-refractivity contribution in [3.05, 3.63) is 45.2 Å². The third-order valence-electron chi connectivity index (χ3n) is 2.10. The molecule has 0 amide bonds. The van der Waals surface area contributed by atoms with E-state index >= 15 is 0 Å². The lowest BCUT2D eigenvalue weighted by Crippen LogP contribution is -1.99. The Morgan fingerprint density at radius 3 is 2.31 bits per heavy atom. The summed E-state index contributed by atoms with van der Waals surface area (Å²) < 4.78 is 0. The average Bonchev–Trinajstić information content (AvgIpc) is 2.25. The van der Waals surface area contributed by atoms with E-state index in [1.54, 1.807) is 12.1 Å². The number of nitrogens with zero attached hydrogens (tertiary/aromatic N) is 1. The summed E-state index contributed by atoms with van der Waals surface area (Å²) in [6.07, 6.45) is 0.959. The molecule has 1 rings (SSSR count). The molecule has 1 radical (unpaired) electrons. The lowest BCUT2D eigenvalue weighted by molar-refractivity contribution is -0.384. The summed E-state index contributed by atoms with van der Waals surface area (Å²) in [5, 5.41) is 12.3. The first-order valence-corrected chi connectivity index (χ1v) is 6.19. The van der Waals surface area contributed by atoms with Gasteiger partial charge in [-0.15, -0.1) is 11.8 Å². The predicted octanol–water partition coefficient (Wildman–Crippen LogP) is 4.03. The van der Waals surface area contributed by atoms with E-state index in [9.17, 15) is 10.1 Å². The van der Waals surface area contributed by atoms with Crippen molar-refractivity contribution in [2.75, 3.05) is 0 Å². The molecule has 0 aliphatic rings. The summed E-state index contributed by atoms with van der Waals surface area (Å²) in [6.45, 7) is 6.39. The molecule has 0 bridgehead atoms. The molecule has 1 aromatic carbocycles. The van der Waals surface area contributed by atoms with Crippen molar-refractivity contribution in [1.29, 1.82) is 0 Å². The molecule has 0 heterocycles. The molecule has 0 unspecified atom stereocenters. The highest BCUT2D eigenvalue weighted by Crippen LogP contribution is 2.34.